The molecule has 7 nitrogen and oxygen atoms in total. The van der Waals surface area contributed by atoms with Crippen LogP contribution in [0.4, 0.5) is 10.5 Å². The van der Waals surface area contributed by atoms with Crippen molar-refractivity contribution >= 4 is 17.7 Å². The Morgan fingerprint density at radius 1 is 1.19 bits per heavy atom. The maximum atomic E-state index is 12.1. The van der Waals surface area contributed by atoms with E-state index in [0.29, 0.717) is 24.4 Å². The Morgan fingerprint density at radius 3 is 2.73 bits per heavy atom. The molecule has 0 unspecified atom stereocenters. The summed E-state index contributed by atoms with van der Waals surface area (Å²) in [6.45, 7) is 7.37. The number of ether oxygens (including phenoxy) is 2. The summed E-state index contributed by atoms with van der Waals surface area (Å²) >= 11 is 0. The van der Waals surface area contributed by atoms with E-state index < -0.39 is 5.97 Å². The van der Waals surface area contributed by atoms with E-state index in [9.17, 15) is 9.59 Å². The zero-order chi connectivity index (χ0) is 18.6. The van der Waals surface area contributed by atoms with E-state index in [2.05, 4.69) is 15.5 Å². The molecule has 7 heteroatoms. The number of para-hydroxylation sites is 1. The summed E-state index contributed by atoms with van der Waals surface area (Å²) in [5.74, 6) is -0.415. The predicted molar refractivity (Wildman–Crippen MR) is 101 cm³/mol. The van der Waals surface area contributed by atoms with Crippen LogP contribution in [0.2, 0.25) is 0 Å². The minimum Gasteiger partial charge on any atom is -0.462 e. The van der Waals surface area contributed by atoms with Crippen LogP contribution in [0.3, 0.4) is 0 Å². The van der Waals surface area contributed by atoms with Crippen molar-refractivity contribution in [2.45, 2.75) is 26.2 Å². The van der Waals surface area contributed by atoms with Crippen LogP contribution >= 0.6 is 0 Å². The summed E-state index contributed by atoms with van der Waals surface area (Å²) in [4.78, 5) is 26.6. The third kappa shape index (κ3) is 7.01. The van der Waals surface area contributed by atoms with Crippen LogP contribution in [-0.2, 0) is 9.47 Å². The maximum Gasteiger partial charge on any atom is 0.340 e. The van der Waals surface area contributed by atoms with Crippen molar-refractivity contribution in [3.8, 4) is 0 Å². The third-order valence-electron chi connectivity index (χ3n) is 4.17. The van der Waals surface area contributed by atoms with Gasteiger partial charge in [-0.3, -0.25) is 4.90 Å². The summed E-state index contributed by atoms with van der Waals surface area (Å²) in [6.07, 6.45) is 2.65. The number of nitrogens with one attached hydrogen (secondary N) is 2. The fraction of sp³-hybridized carbons (Fsp3) is 0.579. The first-order chi connectivity index (χ1) is 12.7. The lowest BCUT2D eigenvalue weighted by Crippen LogP contribution is -2.38. The van der Waals surface area contributed by atoms with Crippen LogP contribution in [0.25, 0.3) is 0 Å². The van der Waals surface area contributed by atoms with E-state index in [4.69, 9.17) is 9.47 Å². The molecule has 1 aromatic carbocycles. The number of esters is 1. The van der Waals surface area contributed by atoms with Gasteiger partial charge in [0, 0.05) is 19.6 Å². The average molecular weight is 363 g/mol. The first-order valence-corrected chi connectivity index (χ1v) is 9.32. The smallest absolute Gasteiger partial charge is 0.340 e. The van der Waals surface area contributed by atoms with Crippen molar-refractivity contribution in [1.29, 1.82) is 0 Å². The van der Waals surface area contributed by atoms with E-state index in [0.717, 1.165) is 52.1 Å². The van der Waals surface area contributed by atoms with Crippen molar-refractivity contribution in [2.75, 3.05) is 51.3 Å². The molecule has 26 heavy (non-hydrogen) atoms. The Kier molecular flexibility index (Phi) is 8.92. The number of hydrogen-bond acceptors (Lipinski definition) is 5. The highest BCUT2D eigenvalue weighted by atomic mass is 16.5. The lowest BCUT2D eigenvalue weighted by molar-refractivity contribution is 0.0375. The van der Waals surface area contributed by atoms with Crippen LogP contribution in [0.1, 0.15) is 36.5 Å². The van der Waals surface area contributed by atoms with Gasteiger partial charge in [-0.25, -0.2) is 9.59 Å². The average Bonchev–Trinajstić information content (AvgIpc) is 2.66. The Hall–Kier alpha value is -2.12. The molecular formula is C19H29N3O4. The zero-order valence-electron chi connectivity index (χ0n) is 15.5. The SMILES string of the molecule is CCCCOC(=O)c1ccccc1NC(=O)NCCCN1CCOCC1. The Morgan fingerprint density at radius 2 is 1.96 bits per heavy atom. The van der Waals surface area contributed by atoms with Gasteiger partial charge >= 0.3 is 12.0 Å². The fourth-order valence-corrected chi connectivity index (χ4v) is 2.65. The molecule has 1 aliphatic rings. The van der Waals surface area contributed by atoms with Gasteiger partial charge in [0.1, 0.15) is 0 Å². The van der Waals surface area contributed by atoms with Crippen LogP contribution in [0.5, 0.6) is 0 Å². The molecule has 144 valence electrons. The molecule has 0 radical (unpaired) electrons. The van der Waals surface area contributed by atoms with Gasteiger partial charge in [-0.05, 0) is 31.5 Å². The number of amides is 2. The molecule has 1 saturated heterocycles. The number of rotatable bonds is 9. The number of carbonyl (C=O) groups excluding carboxylic acids is 2. The number of anilines is 1. The molecule has 0 aromatic heterocycles. The van der Waals surface area contributed by atoms with Crippen molar-refractivity contribution < 1.29 is 19.1 Å². The van der Waals surface area contributed by atoms with Crippen LogP contribution in [0.15, 0.2) is 24.3 Å². The summed E-state index contributed by atoms with van der Waals surface area (Å²) in [5.41, 5.74) is 0.826. The largest absolute Gasteiger partial charge is 0.462 e. The molecule has 2 amide bonds. The standard InChI is InChI=1S/C19H29N3O4/c1-2-3-13-26-18(23)16-7-4-5-8-17(16)21-19(24)20-9-6-10-22-11-14-25-15-12-22/h4-5,7-8H,2-3,6,9-15H2,1H3,(H2,20,21,24). The van der Waals surface area contributed by atoms with Crippen molar-refractivity contribution in [1.82, 2.24) is 10.2 Å². The summed E-state index contributed by atoms with van der Waals surface area (Å²) in [6, 6.07) is 6.56. The fourth-order valence-electron chi connectivity index (χ4n) is 2.65. The molecular weight excluding hydrogens is 334 g/mol. The second kappa shape index (κ2) is 11.5. The first kappa shape index (κ1) is 20.2. The van der Waals surface area contributed by atoms with E-state index in [1.165, 1.54) is 0 Å². The Balaban J connectivity index is 1.74. The molecule has 0 atom stereocenters. The molecule has 0 bridgehead atoms. The molecule has 0 aliphatic carbocycles. The van der Waals surface area contributed by atoms with Gasteiger partial charge in [-0.1, -0.05) is 25.5 Å². The number of urea groups is 1. The quantitative estimate of drug-likeness (QED) is 0.520. The first-order valence-electron chi connectivity index (χ1n) is 9.32. The van der Waals surface area contributed by atoms with E-state index >= 15 is 0 Å². The molecule has 1 fully saturated rings. The topological polar surface area (TPSA) is 79.9 Å². The number of morpholine rings is 1. The lowest BCUT2D eigenvalue weighted by Gasteiger charge is -2.26. The number of nitrogens with zero attached hydrogens (tertiary/aromatic N) is 1. The maximum absolute atomic E-state index is 12.1. The molecule has 1 aromatic rings. The monoisotopic (exact) mass is 363 g/mol. The molecule has 2 N–H and O–H groups in total. The van der Waals surface area contributed by atoms with Gasteiger partial charge in [-0.15, -0.1) is 0 Å². The Labute approximate surface area is 155 Å². The lowest BCUT2D eigenvalue weighted by atomic mass is 10.2. The summed E-state index contributed by atoms with van der Waals surface area (Å²) < 4.78 is 10.5. The van der Waals surface area contributed by atoms with Gasteiger partial charge < -0.3 is 20.1 Å². The highest BCUT2D eigenvalue weighted by molar-refractivity contribution is 6.00. The second-order valence-corrected chi connectivity index (χ2v) is 6.22. The van der Waals surface area contributed by atoms with Gasteiger partial charge in [0.05, 0.1) is 31.1 Å². The number of carbonyl (C=O) groups is 2. The minimum absolute atomic E-state index is 0.319. The van der Waals surface area contributed by atoms with Crippen molar-refractivity contribution in [3.63, 3.8) is 0 Å². The molecule has 0 saturated carbocycles. The van der Waals surface area contributed by atoms with Gasteiger partial charge in [0.2, 0.25) is 0 Å². The van der Waals surface area contributed by atoms with Gasteiger partial charge in [-0.2, -0.15) is 0 Å². The zero-order valence-corrected chi connectivity index (χ0v) is 15.5. The summed E-state index contributed by atoms with van der Waals surface area (Å²) in [7, 11) is 0. The highest BCUT2D eigenvalue weighted by Gasteiger charge is 2.14. The van der Waals surface area contributed by atoms with Gasteiger partial charge in [0.25, 0.3) is 0 Å². The Bertz CT molecular complexity index is 574. The molecule has 2 rings (SSSR count). The summed E-state index contributed by atoms with van der Waals surface area (Å²) in [5, 5.41) is 5.56. The van der Waals surface area contributed by atoms with E-state index in [-0.39, 0.29) is 6.03 Å². The third-order valence-corrected chi connectivity index (χ3v) is 4.17. The predicted octanol–water partition coefficient (Wildman–Crippen LogP) is 2.49. The van der Waals surface area contributed by atoms with E-state index in [1.807, 2.05) is 6.92 Å². The second-order valence-electron chi connectivity index (χ2n) is 6.22. The normalized spacial score (nSPS) is 14.7. The van der Waals surface area contributed by atoms with Crippen LogP contribution < -0.4 is 10.6 Å². The number of benzene rings is 1. The number of hydrogen-bond donors (Lipinski definition) is 2. The number of unbranched alkanes of at least 4 members (excludes halogenated alkanes) is 1. The molecule has 1 aliphatic heterocycles. The van der Waals surface area contributed by atoms with Crippen molar-refractivity contribution in [2.24, 2.45) is 0 Å². The van der Waals surface area contributed by atoms with Crippen LogP contribution in [-0.4, -0.2) is 62.9 Å². The minimum atomic E-state index is -0.415. The molecule has 1 heterocycles. The van der Waals surface area contributed by atoms with Crippen molar-refractivity contribution in [3.05, 3.63) is 29.8 Å². The van der Waals surface area contributed by atoms with E-state index in [1.54, 1.807) is 24.3 Å². The van der Waals surface area contributed by atoms with Gasteiger partial charge in [0.15, 0.2) is 0 Å². The highest BCUT2D eigenvalue weighted by Crippen LogP contribution is 2.16. The molecule has 0 spiro atoms. The van der Waals surface area contributed by atoms with Crippen LogP contribution in [0, 0.1) is 0 Å².